The molecule has 1 rings (SSSR count). The van der Waals surface area contributed by atoms with Gasteiger partial charge >= 0.3 is 5.69 Å². The maximum Gasteiger partial charge on any atom is 0.315 e. The number of carbonyl (C=O) groups excluding carboxylic acids is 1. The molecular weight excluding hydrogens is 248 g/mol. The third kappa shape index (κ3) is 3.34. The highest BCUT2D eigenvalue weighted by Crippen LogP contribution is 2.33. The Bertz CT molecular complexity index is 488. The lowest BCUT2D eigenvalue weighted by Gasteiger charge is -2.20. The van der Waals surface area contributed by atoms with E-state index in [1.807, 2.05) is 13.8 Å². The van der Waals surface area contributed by atoms with Crippen molar-refractivity contribution < 1.29 is 9.72 Å². The molecule has 4 N–H and O–H groups in total. The fourth-order valence-corrected chi connectivity index (χ4v) is 1.79. The molecule has 1 unspecified atom stereocenters. The summed E-state index contributed by atoms with van der Waals surface area (Å²) in [7, 11) is 1.60. The molecule has 0 saturated heterocycles. The molecule has 0 fully saturated rings. The second-order valence-corrected chi connectivity index (χ2v) is 4.48. The van der Waals surface area contributed by atoms with Crippen molar-refractivity contribution in [1.29, 1.82) is 0 Å². The number of amides is 1. The predicted octanol–water partition coefficient (Wildman–Crippen LogP) is 1.56. The number of benzene rings is 1. The summed E-state index contributed by atoms with van der Waals surface area (Å²) < 4.78 is 0. The molecule has 0 heterocycles. The van der Waals surface area contributed by atoms with Gasteiger partial charge in [-0.2, -0.15) is 0 Å². The van der Waals surface area contributed by atoms with Crippen LogP contribution in [-0.2, 0) is 4.79 Å². The predicted molar refractivity (Wildman–Crippen MR) is 74.1 cm³/mol. The molecule has 0 saturated carbocycles. The van der Waals surface area contributed by atoms with Gasteiger partial charge in [0.2, 0.25) is 5.91 Å². The minimum absolute atomic E-state index is 0.0738. The Hall–Kier alpha value is -2.31. The number of anilines is 2. The molecule has 0 radical (unpaired) electrons. The molecule has 1 amide bonds. The smallest absolute Gasteiger partial charge is 0.315 e. The zero-order valence-corrected chi connectivity index (χ0v) is 11.1. The normalized spacial score (nSPS) is 12.0. The van der Waals surface area contributed by atoms with E-state index in [1.165, 1.54) is 0 Å². The van der Waals surface area contributed by atoms with Crippen LogP contribution in [0.15, 0.2) is 18.2 Å². The molecule has 19 heavy (non-hydrogen) atoms. The van der Waals surface area contributed by atoms with Crippen molar-refractivity contribution in [2.45, 2.75) is 19.9 Å². The van der Waals surface area contributed by atoms with Gasteiger partial charge in [0.1, 0.15) is 17.4 Å². The van der Waals surface area contributed by atoms with Gasteiger partial charge in [0.25, 0.3) is 0 Å². The minimum atomic E-state index is -0.661. The Morgan fingerprint density at radius 1 is 1.37 bits per heavy atom. The van der Waals surface area contributed by atoms with Crippen molar-refractivity contribution in [3.05, 3.63) is 28.3 Å². The molecule has 0 aliphatic rings. The van der Waals surface area contributed by atoms with Crippen LogP contribution >= 0.6 is 0 Å². The number of hydrogen-bond acceptors (Lipinski definition) is 5. The Morgan fingerprint density at radius 2 is 1.95 bits per heavy atom. The summed E-state index contributed by atoms with van der Waals surface area (Å²) in [5.41, 5.74) is 5.84. The van der Waals surface area contributed by atoms with Gasteiger partial charge < -0.3 is 16.4 Å². The first-order valence-electron chi connectivity index (χ1n) is 5.89. The highest BCUT2D eigenvalue weighted by Gasteiger charge is 2.25. The van der Waals surface area contributed by atoms with Crippen LogP contribution in [0.1, 0.15) is 13.8 Å². The molecule has 1 aromatic carbocycles. The number of hydrogen-bond donors (Lipinski definition) is 3. The van der Waals surface area contributed by atoms with E-state index in [2.05, 4.69) is 10.6 Å². The van der Waals surface area contributed by atoms with Gasteiger partial charge in [-0.1, -0.05) is 19.9 Å². The first kappa shape index (κ1) is 14.7. The number of primary amides is 1. The molecule has 0 aliphatic heterocycles. The van der Waals surface area contributed by atoms with Crippen molar-refractivity contribution in [1.82, 2.24) is 0 Å². The van der Waals surface area contributed by atoms with Crippen molar-refractivity contribution in [3.63, 3.8) is 0 Å². The number of para-hydroxylation sites is 1. The maximum absolute atomic E-state index is 11.4. The van der Waals surface area contributed by atoms with E-state index in [0.717, 1.165) is 0 Å². The Labute approximate surface area is 111 Å². The van der Waals surface area contributed by atoms with Crippen LogP contribution in [0.5, 0.6) is 0 Å². The first-order chi connectivity index (χ1) is 8.88. The average Bonchev–Trinajstić information content (AvgIpc) is 2.34. The summed E-state index contributed by atoms with van der Waals surface area (Å²) in [5.74, 6) is -0.616. The molecule has 0 bridgehead atoms. The number of nitrogens with zero attached hydrogens (tertiary/aromatic N) is 1. The second kappa shape index (κ2) is 6.03. The van der Waals surface area contributed by atoms with Crippen molar-refractivity contribution in [3.8, 4) is 0 Å². The summed E-state index contributed by atoms with van der Waals surface area (Å²) in [6, 6.07) is 4.15. The highest BCUT2D eigenvalue weighted by atomic mass is 16.6. The fraction of sp³-hybridized carbons (Fsp3) is 0.417. The van der Waals surface area contributed by atoms with Crippen LogP contribution in [0.2, 0.25) is 0 Å². The molecule has 1 aromatic rings. The lowest BCUT2D eigenvalue weighted by Crippen LogP contribution is -2.39. The van der Waals surface area contributed by atoms with Gasteiger partial charge in [-0.25, -0.2) is 0 Å². The lowest BCUT2D eigenvalue weighted by atomic mass is 10.0. The third-order valence-electron chi connectivity index (χ3n) is 2.77. The number of nitro benzene ring substituents is 1. The zero-order chi connectivity index (χ0) is 14.6. The van der Waals surface area contributed by atoms with Crippen molar-refractivity contribution in [2.24, 2.45) is 11.7 Å². The lowest BCUT2D eigenvalue weighted by molar-refractivity contribution is -0.383. The molecule has 0 aliphatic carbocycles. The fourth-order valence-electron chi connectivity index (χ4n) is 1.79. The van der Waals surface area contributed by atoms with Gasteiger partial charge in [-0.15, -0.1) is 0 Å². The number of nitro groups is 1. The van der Waals surface area contributed by atoms with Crippen molar-refractivity contribution in [2.75, 3.05) is 17.7 Å². The molecular formula is C12H18N4O3. The zero-order valence-electron chi connectivity index (χ0n) is 11.1. The highest BCUT2D eigenvalue weighted by molar-refractivity contribution is 5.86. The quantitative estimate of drug-likeness (QED) is 0.534. The van der Waals surface area contributed by atoms with Gasteiger partial charge in [-0.05, 0) is 18.1 Å². The first-order valence-corrected chi connectivity index (χ1v) is 5.89. The summed E-state index contributed by atoms with van der Waals surface area (Å²) >= 11 is 0. The molecule has 0 aromatic heterocycles. The summed E-state index contributed by atoms with van der Waals surface area (Å²) in [6.07, 6.45) is 0. The van der Waals surface area contributed by atoms with Gasteiger partial charge in [-0.3, -0.25) is 14.9 Å². The summed E-state index contributed by atoms with van der Waals surface area (Å²) in [5, 5.41) is 16.7. The monoisotopic (exact) mass is 266 g/mol. The van der Waals surface area contributed by atoms with E-state index in [9.17, 15) is 14.9 Å². The Morgan fingerprint density at radius 3 is 2.37 bits per heavy atom. The third-order valence-corrected chi connectivity index (χ3v) is 2.77. The van der Waals surface area contributed by atoms with E-state index >= 15 is 0 Å². The maximum atomic E-state index is 11.4. The van der Waals surface area contributed by atoms with E-state index in [0.29, 0.717) is 5.69 Å². The van der Waals surface area contributed by atoms with Gasteiger partial charge in [0, 0.05) is 7.05 Å². The number of carbonyl (C=O) groups is 1. The van der Waals surface area contributed by atoms with E-state index in [4.69, 9.17) is 5.73 Å². The van der Waals surface area contributed by atoms with Crippen LogP contribution in [0, 0.1) is 16.0 Å². The van der Waals surface area contributed by atoms with E-state index < -0.39 is 16.9 Å². The molecule has 7 nitrogen and oxygen atoms in total. The van der Waals surface area contributed by atoms with E-state index in [-0.39, 0.29) is 17.3 Å². The minimum Gasteiger partial charge on any atom is -0.382 e. The van der Waals surface area contributed by atoms with Crippen LogP contribution < -0.4 is 16.4 Å². The number of rotatable bonds is 6. The molecule has 1 atom stereocenters. The number of nitrogens with two attached hydrogens (primary N) is 1. The SMILES string of the molecule is CNc1cccc(NC(C(N)=O)C(C)C)c1[N+](=O)[O-]. The Kier molecular flexibility index (Phi) is 4.68. The van der Waals surface area contributed by atoms with Gasteiger partial charge in [0.15, 0.2) is 0 Å². The molecule has 0 spiro atoms. The van der Waals surface area contributed by atoms with Crippen LogP contribution in [0.4, 0.5) is 17.1 Å². The van der Waals surface area contributed by atoms with Gasteiger partial charge in [0.05, 0.1) is 4.92 Å². The Balaban J connectivity index is 3.20. The van der Waals surface area contributed by atoms with Crippen LogP contribution in [0.25, 0.3) is 0 Å². The average molecular weight is 266 g/mol. The molecule has 7 heteroatoms. The standard InChI is InChI=1S/C12H18N4O3/c1-7(2)10(12(13)17)15-9-6-4-5-8(14-3)11(9)16(18)19/h4-7,10,14-15H,1-3H3,(H2,13,17). The summed E-state index contributed by atoms with van der Waals surface area (Å²) in [6.45, 7) is 3.63. The van der Waals surface area contributed by atoms with E-state index in [1.54, 1.807) is 25.2 Å². The molecule has 104 valence electrons. The largest absolute Gasteiger partial charge is 0.382 e. The van der Waals surface area contributed by atoms with Crippen LogP contribution in [0.3, 0.4) is 0 Å². The number of nitrogens with one attached hydrogen (secondary N) is 2. The second-order valence-electron chi connectivity index (χ2n) is 4.48. The van der Waals surface area contributed by atoms with Crippen molar-refractivity contribution >= 4 is 23.0 Å². The summed E-state index contributed by atoms with van der Waals surface area (Å²) in [4.78, 5) is 22.0. The van der Waals surface area contributed by atoms with Crippen LogP contribution in [-0.4, -0.2) is 23.9 Å². The topological polar surface area (TPSA) is 110 Å².